The molecule has 0 aromatic carbocycles. The van der Waals surface area contributed by atoms with Crippen LogP contribution in [0.25, 0.3) is 0 Å². The summed E-state index contributed by atoms with van der Waals surface area (Å²) in [5.74, 6) is 0. The second-order valence-corrected chi connectivity index (χ2v) is 6.47. The molecular weight excluding hydrogens is 242 g/mol. The maximum absolute atomic E-state index is 6.04. The van der Waals surface area contributed by atoms with Crippen molar-refractivity contribution >= 4 is 22.9 Å². The number of thiophene rings is 1. The van der Waals surface area contributed by atoms with Crippen molar-refractivity contribution in [1.82, 2.24) is 5.32 Å². The van der Waals surface area contributed by atoms with E-state index in [-0.39, 0.29) is 5.41 Å². The maximum Gasteiger partial charge on any atom is 0.0931 e. The summed E-state index contributed by atoms with van der Waals surface area (Å²) in [7, 11) is 0. The molecule has 4 heteroatoms. The Morgan fingerprint density at radius 2 is 2.25 bits per heavy atom. The first kappa shape index (κ1) is 11.0. The second-order valence-electron chi connectivity index (χ2n) is 4.76. The summed E-state index contributed by atoms with van der Waals surface area (Å²) < 4.78 is 6.36. The van der Waals surface area contributed by atoms with Crippen molar-refractivity contribution in [2.45, 2.75) is 30.7 Å². The van der Waals surface area contributed by atoms with Gasteiger partial charge in [0.2, 0.25) is 0 Å². The zero-order chi connectivity index (χ0) is 11.0. The predicted molar refractivity (Wildman–Crippen MR) is 67.5 cm³/mol. The fourth-order valence-corrected chi connectivity index (χ4v) is 4.00. The highest BCUT2D eigenvalue weighted by molar-refractivity contribution is 7.16. The monoisotopic (exact) mass is 257 g/mol. The minimum atomic E-state index is 0.207. The number of hydrogen-bond donors (Lipinski definition) is 1. The van der Waals surface area contributed by atoms with Gasteiger partial charge in [-0.2, -0.15) is 0 Å². The topological polar surface area (TPSA) is 21.3 Å². The maximum atomic E-state index is 6.04. The molecule has 2 aliphatic heterocycles. The minimum absolute atomic E-state index is 0.207. The Morgan fingerprint density at radius 3 is 2.75 bits per heavy atom. The van der Waals surface area contributed by atoms with Crippen LogP contribution >= 0.6 is 22.9 Å². The molecule has 0 radical (unpaired) electrons. The average molecular weight is 258 g/mol. The standard InChI is InChI=1S/C12H16ClNOS/c13-11-5-4-10(16-11)12(7-15-8-12)9-3-1-2-6-14-9/h4-5,9,14H,1-3,6-8H2. The van der Waals surface area contributed by atoms with Crippen LogP contribution in [0.2, 0.25) is 4.34 Å². The number of halogens is 1. The van der Waals surface area contributed by atoms with Crippen LogP contribution in [-0.4, -0.2) is 25.8 Å². The van der Waals surface area contributed by atoms with Crippen molar-refractivity contribution < 1.29 is 4.74 Å². The van der Waals surface area contributed by atoms with Crippen LogP contribution in [0, 0.1) is 0 Å². The quantitative estimate of drug-likeness (QED) is 0.880. The zero-order valence-corrected chi connectivity index (χ0v) is 10.7. The van der Waals surface area contributed by atoms with E-state index in [0.29, 0.717) is 6.04 Å². The Morgan fingerprint density at radius 1 is 1.38 bits per heavy atom. The average Bonchev–Trinajstić information content (AvgIpc) is 2.65. The Hall–Kier alpha value is -0.0900. The van der Waals surface area contributed by atoms with Gasteiger partial charge in [-0.25, -0.2) is 0 Å². The van der Waals surface area contributed by atoms with E-state index in [0.717, 1.165) is 24.1 Å². The van der Waals surface area contributed by atoms with Gasteiger partial charge < -0.3 is 10.1 Å². The van der Waals surface area contributed by atoms with E-state index in [9.17, 15) is 0 Å². The lowest BCUT2D eigenvalue weighted by Crippen LogP contribution is -2.61. The van der Waals surface area contributed by atoms with E-state index in [1.807, 2.05) is 6.07 Å². The SMILES string of the molecule is Clc1ccc(C2(C3CCCCN3)COC2)s1. The van der Waals surface area contributed by atoms with Crippen LogP contribution < -0.4 is 5.32 Å². The molecule has 2 aliphatic rings. The second kappa shape index (κ2) is 4.30. The first-order valence-corrected chi connectivity index (χ1v) is 7.08. The summed E-state index contributed by atoms with van der Waals surface area (Å²) in [6, 6.07) is 4.75. The summed E-state index contributed by atoms with van der Waals surface area (Å²) in [6.45, 7) is 2.84. The van der Waals surface area contributed by atoms with Crippen molar-refractivity contribution in [1.29, 1.82) is 0 Å². The Balaban J connectivity index is 1.87. The fourth-order valence-electron chi connectivity index (χ4n) is 2.74. The lowest BCUT2D eigenvalue weighted by atomic mass is 9.74. The fraction of sp³-hybridized carbons (Fsp3) is 0.667. The summed E-state index contributed by atoms with van der Waals surface area (Å²) >= 11 is 7.75. The molecule has 2 saturated heterocycles. The summed E-state index contributed by atoms with van der Waals surface area (Å²) in [5.41, 5.74) is 0.207. The molecule has 3 heterocycles. The largest absolute Gasteiger partial charge is 0.379 e. The predicted octanol–water partition coefficient (Wildman–Crippen LogP) is 2.81. The van der Waals surface area contributed by atoms with E-state index in [1.54, 1.807) is 11.3 Å². The molecule has 2 fully saturated rings. The third-order valence-electron chi connectivity index (χ3n) is 3.76. The highest BCUT2D eigenvalue weighted by Gasteiger charge is 2.48. The highest BCUT2D eigenvalue weighted by atomic mass is 35.5. The van der Waals surface area contributed by atoms with Crippen molar-refractivity contribution in [3.63, 3.8) is 0 Å². The first-order valence-electron chi connectivity index (χ1n) is 5.88. The molecule has 1 aromatic heterocycles. The van der Waals surface area contributed by atoms with Gasteiger partial charge in [0.1, 0.15) is 0 Å². The molecule has 0 amide bonds. The molecule has 1 atom stereocenters. The number of piperidine rings is 1. The zero-order valence-electron chi connectivity index (χ0n) is 9.17. The molecule has 0 aliphatic carbocycles. The number of rotatable bonds is 2. The minimum Gasteiger partial charge on any atom is -0.379 e. The molecule has 1 N–H and O–H groups in total. The van der Waals surface area contributed by atoms with E-state index >= 15 is 0 Å². The Kier molecular flexibility index (Phi) is 2.96. The molecule has 2 nitrogen and oxygen atoms in total. The molecule has 3 rings (SSSR count). The van der Waals surface area contributed by atoms with Crippen LogP contribution in [0.3, 0.4) is 0 Å². The highest BCUT2D eigenvalue weighted by Crippen LogP contribution is 2.42. The van der Waals surface area contributed by atoms with Crippen LogP contribution in [0.15, 0.2) is 12.1 Å². The van der Waals surface area contributed by atoms with Gasteiger partial charge in [0.25, 0.3) is 0 Å². The third-order valence-corrected chi connectivity index (χ3v) is 5.21. The summed E-state index contributed by atoms with van der Waals surface area (Å²) in [6.07, 6.45) is 3.90. The van der Waals surface area contributed by atoms with Crippen molar-refractivity contribution in [3.8, 4) is 0 Å². The van der Waals surface area contributed by atoms with Gasteiger partial charge in [0, 0.05) is 10.9 Å². The lowest BCUT2D eigenvalue weighted by molar-refractivity contribution is -0.0808. The number of nitrogens with one attached hydrogen (secondary N) is 1. The molecule has 0 bridgehead atoms. The Bertz CT molecular complexity index is 369. The van der Waals surface area contributed by atoms with Crippen molar-refractivity contribution in [3.05, 3.63) is 21.3 Å². The molecular formula is C12H16ClNOS. The summed E-state index contributed by atoms with van der Waals surface area (Å²) in [5, 5.41) is 3.65. The molecule has 16 heavy (non-hydrogen) atoms. The normalized spacial score (nSPS) is 28.7. The first-order chi connectivity index (χ1) is 7.81. The van der Waals surface area contributed by atoms with E-state index < -0.39 is 0 Å². The van der Waals surface area contributed by atoms with Gasteiger partial charge in [-0.1, -0.05) is 18.0 Å². The van der Waals surface area contributed by atoms with E-state index in [4.69, 9.17) is 16.3 Å². The van der Waals surface area contributed by atoms with Crippen LogP contribution in [0.5, 0.6) is 0 Å². The van der Waals surface area contributed by atoms with E-state index in [1.165, 1.54) is 24.1 Å². The molecule has 1 aromatic rings. The van der Waals surface area contributed by atoms with Gasteiger partial charge in [-0.15, -0.1) is 11.3 Å². The van der Waals surface area contributed by atoms with Crippen molar-refractivity contribution in [2.24, 2.45) is 0 Å². The van der Waals surface area contributed by atoms with Gasteiger partial charge >= 0.3 is 0 Å². The van der Waals surface area contributed by atoms with Crippen LogP contribution in [0.4, 0.5) is 0 Å². The summed E-state index contributed by atoms with van der Waals surface area (Å²) in [4.78, 5) is 1.39. The van der Waals surface area contributed by atoms with Gasteiger partial charge in [0.15, 0.2) is 0 Å². The number of hydrogen-bond acceptors (Lipinski definition) is 3. The molecule has 1 unspecified atom stereocenters. The lowest BCUT2D eigenvalue weighted by Gasteiger charge is -2.48. The van der Waals surface area contributed by atoms with Gasteiger partial charge in [0.05, 0.1) is 23.0 Å². The van der Waals surface area contributed by atoms with Crippen molar-refractivity contribution in [2.75, 3.05) is 19.8 Å². The molecule has 88 valence electrons. The molecule has 0 spiro atoms. The van der Waals surface area contributed by atoms with Gasteiger partial charge in [-0.3, -0.25) is 0 Å². The van der Waals surface area contributed by atoms with Crippen LogP contribution in [-0.2, 0) is 10.2 Å². The van der Waals surface area contributed by atoms with E-state index in [2.05, 4.69) is 11.4 Å². The van der Waals surface area contributed by atoms with Crippen LogP contribution in [0.1, 0.15) is 24.1 Å². The number of ether oxygens (including phenoxy) is 1. The molecule has 0 saturated carbocycles. The smallest absolute Gasteiger partial charge is 0.0931 e. The Labute approximate surface area is 105 Å². The van der Waals surface area contributed by atoms with Gasteiger partial charge in [-0.05, 0) is 31.5 Å². The third kappa shape index (κ3) is 1.70.